The Labute approximate surface area is 167 Å². The van der Waals surface area contributed by atoms with Crippen LogP contribution in [0.1, 0.15) is 46.2 Å². The molecule has 0 bridgehead atoms. The van der Waals surface area contributed by atoms with Crippen LogP contribution < -0.4 is 9.47 Å². The Morgan fingerprint density at radius 3 is 1.36 bits per heavy atom. The lowest BCUT2D eigenvalue weighted by atomic mass is 9.88. The summed E-state index contributed by atoms with van der Waals surface area (Å²) in [7, 11) is 0. The Hall–Kier alpha value is -2.04. The molecule has 0 N–H and O–H groups in total. The van der Waals surface area contributed by atoms with Crippen molar-refractivity contribution in [3.05, 3.63) is 57.6 Å². The highest BCUT2D eigenvalue weighted by Gasteiger charge is 2.25. The van der Waals surface area contributed by atoms with E-state index in [9.17, 15) is 0 Å². The van der Waals surface area contributed by atoms with Crippen molar-refractivity contribution in [1.82, 2.24) is 0 Å². The second kappa shape index (κ2) is 7.76. The number of hydrogen-bond donors (Lipinski definition) is 0. The molecule has 4 rings (SSSR count). The Balaban J connectivity index is 1.53. The number of benzene rings is 2. The molecule has 0 radical (unpaired) electrons. The van der Waals surface area contributed by atoms with Gasteiger partial charge in [0, 0.05) is 5.92 Å². The smallest absolute Gasteiger partial charge is 0.125 e. The van der Waals surface area contributed by atoms with Gasteiger partial charge in [-0.15, -0.1) is 0 Å². The monoisotopic (exact) mass is 382 g/mol. The molecular formula is C24H30O4. The molecule has 28 heavy (non-hydrogen) atoms. The highest BCUT2D eigenvalue weighted by atomic mass is 16.6. The molecule has 2 aromatic carbocycles. The predicted molar refractivity (Wildman–Crippen MR) is 110 cm³/mol. The summed E-state index contributed by atoms with van der Waals surface area (Å²) < 4.78 is 22.5. The number of aryl methyl sites for hydroxylation is 4. The zero-order valence-corrected chi connectivity index (χ0v) is 17.5. The van der Waals surface area contributed by atoms with Crippen LogP contribution in [0.4, 0.5) is 0 Å². The number of hydrogen-bond acceptors (Lipinski definition) is 4. The van der Waals surface area contributed by atoms with E-state index in [-0.39, 0.29) is 12.2 Å². The third-order valence-corrected chi connectivity index (χ3v) is 5.60. The van der Waals surface area contributed by atoms with Crippen LogP contribution in [0.3, 0.4) is 0 Å². The predicted octanol–water partition coefficient (Wildman–Crippen LogP) is 4.63. The van der Waals surface area contributed by atoms with Gasteiger partial charge in [-0.25, -0.2) is 0 Å². The van der Waals surface area contributed by atoms with Crippen LogP contribution in [0, 0.1) is 27.7 Å². The molecule has 150 valence electrons. The van der Waals surface area contributed by atoms with Crippen molar-refractivity contribution in [3.63, 3.8) is 0 Å². The molecule has 2 aliphatic rings. The van der Waals surface area contributed by atoms with Crippen LogP contribution in [0.5, 0.6) is 11.5 Å². The Kier molecular flexibility index (Phi) is 5.35. The van der Waals surface area contributed by atoms with Crippen LogP contribution in [-0.2, 0) is 9.47 Å². The quantitative estimate of drug-likeness (QED) is 0.625. The average molecular weight is 383 g/mol. The Bertz CT molecular complexity index is 747. The fraction of sp³-hybridized carbons (Fsp3) is 0.500. The van der Waals surface area contributed by atoms with Crippen LogP contribution in [-0.4, -0.2) is 38.6 Å². The molecule has 0 amide bonds. The molecule has 0 spiro atoms. The highest BCUT2D eigenvalue weighted by Crippen LogP contribution is 2.35. The first-order chi connectivity index (χ1) is 13.4. The van der Waals surface area contributed by atoms with Crippen molar-refractivity contribution in [1.29, 1.82) is 0 Å². The molecule has 2 atom stereocenters. The molecule has 0 aromatic heterocycles. The number of epoxide rings is 2. The average Bonchev–Trinajstić information content (AvgIpc) is 3.53. The maximum atomic E-state index is 5.99. The topological polar surface area (TPSA) is 43.5 Å². The van der Waals surface area contributed by atoms with Gasteiger partial charge in [-0.2, -0.15) is 0 Å². The maximum absolute atomic E-state index is 5.99. The summed E-state index contributed by atoms with van der Waals surface area (Å²) in [6, 6.07) is 9.00. The Morgan fingerprint density at radius 1 is 0.750 bits per heavy atom. The largest absolute Gasteiger partial charge is 0.490 e. The first-order valence-electron chi connectivity index (χ1n) is 10.1. The fourth-order valence-electron chi connectivity index (χ4n) is 3.80. The van der Waals surface area contributed by atoms with E-state index in [1.807, 2.05) is 0 Å². The van der Waals surface area contributed by atoms with E-state index in [4.69, 9.17) is 18.9 Å². The first-order valence-corrected chi connectivity index (χ1v) is 10.1. The van der Waals surface area contributed by atoms with Crippen LogP contribution in [0.25, 0.3) is 0 Å². The van der Waals surface area contributed by atoms with E-state index >= 15 is 0 Å². The van der Waals surface area contributed by atoms with Crippen molar-refractivity contribution >= 4 is 0 Å². The van der Waals surface area contributed by atoms with E-state index in [1.165, 1.54) is 33.4 Å². The molecule has 0 saturated carbocycles. The van der Waals surface area contributed by atoms with Gasteiger partial charge in [0.1, 0.15) is 36.9 Å². The van der Waals surface area contributed by atoms with Gasteiger partial charge in [-0.1, -0.05) is 31.2 Å². The van der Waals surface area contributed by atoms with Gasteiger partial charge in [0.05, 0.1) is 13.2 Å². The van der Waals surface area contributed by atoms with E-state index in [0.29, 0.717) is 19.1 Å². The molecule has 2 aliphatic heterocycles. The lowest BCUT2D eigenvalue weighted by molar-refractivity contribution is 0.260. The molecule has 2 aromatic rings. The lowest BCUT2D eigenvalue weighted by Gasteiger charge is -2.20. The van der Waals surface area contributed by atoms with Crippen LogP contribution >= 0.6 is 0 Å². The van der Waals surface area contributed by atoms with E-state index in [0.717, 1.165) is 24.7 Å². The molecule has 2 saturated heterocycles. The Morgan fingerprint density at radius 2 is 1.07 bits per heavy atom. The van der Waals surface area contributed by atoms with E-state index in [2.05, 4.69) is 58.9 Å². The van der Waals surface area contributed by atoms with Crippen molar-refractivity contribution in [2.45, 2.75) is 52.7 Å². The summed E-state index contributed by atoms with van der Waals surface area (Å²) in [5.74, 6) is 2.28. The fourth-order valence-corrected chi connectivity index (χ4v) is 3.80. The zero-order chi connectivity index (χ0) is 19.8. The van der Waals surface area contributed by atoms with Gasteiger partial charge in [-0.3, -0.25) is 0 Å². The highest BCUT2D eigenvalue weighted by molar-refractivity contribution is 5.49. The van der Waals surface area contributed by atoms with Gasteiger partial charge in [0.15, 0.2) is 0 Å². The van der Waals surface area contributed by atoms with Crippen molar-refractivity contribution < 1.29 is 18.9 Å². The summed E-state index contributed by atoms with van der Waals surface area (Å²) in [6.07, 6.45) is 0.547. The standard InChI is InChI=1S/C24H30O4/c1-14-6-19(7-15(2)23(14)27-12-21-10-25-21)18(5)20-8-16(3)24(17(4)9-20)28-13-22-11-26-22/h6-9,18,21-22H,10-13H2,1-5H3. The summed E-state index contributed by atoms with van der Waals surface area (Å²) in [4.78, 5) is 0. The molecule has 4 nitrogen and oxygen atoms in total. The van der Waals surface area contributed by atoms with Crippen molar-refractivity contribution in [2.24, 2.45) is 0 Å². The molecule has 2 unspecified atom stereocenters. The minimum absolute atomic E-state index is 0.274. The minimum Gasteiger partial charge on any atom is -0.490 e. The third-order valence-electron chi connectivity index (χ3n) is 5.60. The number of rotatable bonds is 8. The number of ether oxygens (including phenoxy) is 4. The SMILES string of the molecule is Cc1cc(C(C)c2cc(C)c(OCC3CO3)c(C)c2)cc(C)c1OCC1CO1. The molecule has 2 heterocycles. The van der Waals surface area contributed by atoms with Gasteiger partial charge in [0.25, 0.3) is 0 Å². The van der Waals surface area contributed by atoms with Gasteiger partial charge in [0.2, 0.25) is 0 Å². The molecule has 4 heteroatoms. The summed E-state index contributed by atoms with van der Waals surface area (Å²) in [6.45, 7) is 13.7. The van der Waals surface area contributed by atoms with Gasteiger partial charge >= 0.3 is 0 Å². The van der Waals surface area contributed by atoms with Crippen LogP contribution in [0.2, 0.25) is 0 Å². The second-order valence-corrected chi connectivity index (χ2v) is 8.22. The minimum atomic E-state index is 0.274. The summed E-state index contributed by atoms with van der Waals surface area (Å²) >= 11 is 0. The third kappa shape index (κ3) is 4.34. The summed E-state index contributed by atoms with van der Waals surface area (Å²) in [5, 5.41) is 0. The van der Waals surface area contributed by atoms with Crippen LogP contribution in [0.15, 0.2) is 24.3 Å². The molecule has 0 aliphatic carbocycles. The normalized spacial score (nSPS) is 21.3. The lowest BCUT2D eigenvalue weighted by Crippen LogP contribution is -2.08. The van der Waals surface area contributed by atoms with Gasteiger partial charge < -0.3 is 18.9 Å². The van der Waals surface area contributed by atoms with Crippen molar-refractivity contribution in [3.8, 4) is 11.5 Å². The second-order valence-electron chi connectivity index (χ2n) is 8.22. The summed E-state index contributed by atoms with van der Waals surface area (Å²) in [5.41, 5.74) is 7.34. The van der Waals surface area contributed by atoms with E-state index in [1.54, 1.807) is 0 Å². The first kappa shape index (κ1) is 19.3. The molecular weight excluding hydrogens is 352 g/mol. The van der Waals surface area contributed by atoms with E-state index < -0.39 is 0 Å². The maximum Gasteiger partial charge on any atom is 0.125 e. The van der Waals surface area contributed by atoms with Crippen molar-refractivity contribution in [2.75, 3.05) is 26.4 Å². The molecule has 2 fully saturated rings. The van der Waals surface area contributed by atoms with Gasteiger partial charge in [-0.05, 0) is 61.1 Å². The zero-order valence-electron chi connectivity index (χ0n) is 17.5.